The first-order chi connectivity index (χ1) is 14.5. The predicted octanol–water partition coefficient (Wildman–Crippen LogP) is 3.97. The van der Waals surface area contributed by atoms with Gasteiger partial charge in [0.25, 0.3) is 5.91 Å². The summed E-state index contributed by atoms with van der Waals surface area (Å²) in [4.78, 5) is 34.5. The van der Waals surface area contributed by atoms with Crippen LogP contribution >= 0.6 is 0 Å². The maximum absolute atomic E-state index is 13.2. The van der Waals surface area contributed by atoms with Gasteiger partial charge in [-0.15, -0.1) is 0 Å². The maximum Gasteiger partial charge on any atom is 0.254 e. The fourth-order valence-corrected chi connectivity index (χ4v) is 4.88. The molecule has 6 rings (SSSR count). The molecule has 0 unspecified atom stereocenters. The Morgan fingerprint density at radius 3 is 2.60 bits per heavy atom. The highest BCUT2D eigenvalue weighted by atomic mass is 16.5. The minimum absolute atomic E-state index is 0.0404. The Hall–Kier alpha value is -3.74. The van der Waals surface area contributed by atoms with E-state index in [0.717, 1.165) is 49.6 Å². The highest BCUT2D eigenvalue weighted by Gasteiger charge is 2.35. The molecule has 2 aromatic heterocycles. The summed E-state index contributed by atoms with van der Waals surface area (Å²) in [7, 11) is 5.00. The predicted molar refractivity (Wildman–Crippen MR) is 114 cm³/mol. The van der Waals surface area contributed by atoms with Gasteiger partial charge in [0.1, 0.15) is 11.5 Å². The Morgan fingerprint density at radius 2 is 1.83 bits per heavy atom. The van der Waals surface area contributed by atoms with E-state index in [9.17, 15) is 9.59 Å². The van der Waals surface area contributed by atoms with Gasteiger partial charge in [0.15, 0.2) is 5.78 Å². The number of aromatic amines is 2. The van der Waals surface area contributed by atoms with Gasteiger partial charge < -0.3 is 24.3 Å². The zero-order chi connectivity index (χ0) is 20.7. The third kappa shape index (κ3) is 1.99. The summed E-state index contributed by atoms with van der Waals surface area (Å²) >= 11 is 0. The number of nitrogens with zero attached hydrogens (tertiary/aromatic N) is 1. The fourth-order valence-electron chi connectivity index (χ4n) is 4.88. The number of H-pyrrole nitrogens is 2. The van der Waals surface area contributed by atoms with Gasteiger partial charge in [-0.1, -0.05) is 0 Å². The van der Waals surface area contributed by atoms with Crippen molar-refractivity contribution in [2.24, 2.45) is 0 Å². The van der Waals surface area contributed by atoms with Gasteiger partial charge in [-0.25, -0.2) is 0 Å². The van der Waals surface area contributed by atoms with Crippen molar-refractivity contribution in [1.29, 1.82) is 0 Å². The van der Waals surface area contributed by atoms with Crippen LogP contribution in [0.15, 0.2) is 24.0 Å². The average Bonchev–Trinajstić information content (AvgIpc) is 3.39. The third-order valence-corrected chi connectivity index (χ3v) is 6.28. The number of aromatic nitrogens is 2. The molecule has 1 aliphatic carbocycles. The molecular weight excluding hydrogens is 382 g/mol. The fraction of sp³-hybridized carbons (Fsp3) is 0.217. The van der Waals surface area contributed by atoms with Crippen molar-refractivity contribution in [3.63, 3.8) is 0 Å². The van der Waals surface area contributed by atoms with E-state index >= 15 is 0 Å². The van der Waals surface area contributed by atoms with Crippen molar-refractivity contribution in [2.45, 2.75) is 13.0 Å². The Balaban J connectivity index is 1.85. The molecule has 7 nitrogen and oxygen atoms in total. The van der Waals surface area contributed by atoms with Crippen LogP contribution in [-0.4, -0.2) is 47.8 Å². The molecule has 4 aromatic rings. The number of methoxy groups -OCH3 is 2. The van der Waals surface area contributed by atoms with Crippen LogP contribution in [0.5, 0.6) is 5.75 Å². The van der Waals surface area contributed by atoms with E-state index in [1.165, 1.54) is 0 Å². The Kier molecular flexibility index (Phi) is 3.23. The quantitative estimate of drug-likeness (QED) is 0.532. The van der Waals surface area contributed by atoms with E-state index in [4.69, 9.17) is 9.47 Å². The lowest BCUT2D eigenvalue weighted by Crippen LogP contribution is -2.17. The number of Topliss-reactive ketones (excluding diaryl/α,β-unsaturated/α-hetero) is 1. The van der Waals surface area contributed by atoms with Crippen molar-refractivity contribution in [3.8, 4) is 5.75 Å². The molecule has 0 radical (unpaired) electrons. The molecule has 30 heavy (non-hydrogen) atoms. The molecule has 0 bridgehead atoms. The van der Waals surface area contributed by atoms with Gasteiger partial charge in [0.05, 0.1) is 42.9 Å². The van der Waals surface area contributed by atoms with Crippen molar-refractivity contribution < 1.29 is 19.1 Å². The second-order valence-corrected chi connectivity index (χ2v) is 7.88. The largest absolute Gasteiger partial charge is 0.501 e. The highest BCUT2D eigenvalue weighted by molar-refractivity contribution is 6.28. The number of ketones is 1. The van der Waals surface area contributed by atoms with Crippen molar-refractivity contribution in [3.05, 3.63) is 46.3 Å². The van der Waals surface area contributed by atoms with E-state index in [1.54, 1.807) is 26.2 Å². The smallest absolute Gasteiger partial charge is 0.254 e. The first-order valence-electron chi connectivity index (χ1n) is 9.75. The number of amides is 1. The molecule has 150 valence electrons. The molecule has 0 spiro atoms. The lowest BCUT2D eigenvalue weighted by molar-refractivity contribution is 0.0817. The second kappa shape index (κ2) is 5.66. The van der Waals surface area contributed by atoms with E-state index in [2.05, 4.69) is 9.97 Å². The number of carbonyl (C=O) groups excluding carboxylic acids is 2. The van der Waals surface area contributed by atoms with Crippen molar-refractivity contribution in [2.75, 3.05) is 21.3 Å². The van der Waals surface area contributed by atoms with Crippen LogP contribution in [0.1, 0.15) is 38.4 Å². The zero-order valence-corrected chi connectivity index (χ0v) is 16.8. The van der Waals surface area contributed by atoms with Crippen LogP contribution in [0.25, 0.3) is 38.8 Å². The van der Waals surface area contributed by atoms with Gasteiger partial charge in [-0.3, -0.25) is 9.59 Å². The maximum atomic E-state index is 13.2. The number of carbonyl (C=O) groups is 2. The van der Waals surface area contributed by atoms with Crippen LogP contribution in [-0.2, 0) is 11.3 Å². The highest BCUT2D eigenvalue weighted by Crippen LogP contribution is 2.44. The number of benzene rings is 2. The van der Waals surface area contributed by atoms with Crippen molar-refractivity contribution >= 4 is 50.5 Å². The molecule has 0 saturated heterocycles. The minimum atomic E-state index is -0.0426. The summed E-state index contributed by atoms with van der Waals surface area (Å²) in [5, 5.41) is 2.77. The summed E-state index contributed by atoms with van der Waals surface area (Å²) in [6, 6.07) is 5.87. The average molecular weight is 401 g/mol. The second-order valence-electron chi connectivity index (χ2n) is 7.88. The Bertz CT molecular complexity index is 1470. The molecule has 3 heterocycles. The van der Waals surface area contributed by atoms with Crippen LogP contribution < -0.4 is 4.74 Å². The molecule has 2 N–H and O–H groups in total. The van der Waals surface area contributed by atoms with E-state index in [-0.39, 0.29) is 18.1 Å². The summed E-state index contributed by atoms with van der Waals surface area (Å²) in [6.07, 6.45) is 2.08. The minimum Gasteiger partial charge on any atom is -0.501 e. The lowest BCUT2D eigenvalue weighted by atomic mass is 9.93. The Labute approximate surface area is 171 Å². The van der Waals surface area contributed by atoms with Crippen LogP contribution in [0.3, 0.4) is 0 Å². The summed E-state index contributed by atoms with van der Waals surface area (Å²) in [5.74, 6) is 1.27. The number of fused-ring (bicyclic) bond motifs is 10. The topological polar surface area (TPSA) is 87.4 Å². The van der Waals surface area contributed by atoms with E-state index in [0.29, 0.717) is 23.6 Å². The molecule has 7 heteroatoms. The molecule has 0 fully saturated rings. The summed E-state index contributed by atoms with van der Waals surface area (Å²) in [6.45, 7) is 0.513. The number of allylic oxidation sites excluding steroid dienone is 1. The van der Waals surface area contributed by atoms with Gasteiger partial charge in [0.2, 0.25) is 0 Å². The lowest BCUT2D eigenvalue weighted by Gasteiger charge is -2.12. The molecule has 1 aliphatic heterocycles. The molecule has 0 atom stereocenters. The SMILES string of the molecule is COC1=Cc2c([nH]c3c2c2c(c4c5cc(OC)ccc5[nH]c34)CN(C)C2=O)C(=O)C1. The number of hydrogen-bond acceptors (Lipinski definition) is 4. The summed E-state index contributed by atoms with van der Waals surface area (Å²) in [5.41, 5.74) is 5.50. The van der Waals surface area contributed by atoms with E-state index < -0.39 is 0 Å². The third-order valence-electron chi connectivity index (χ3n) is 6.28. The van der Waals surface area contributed by atoms with Gasteiger partial charge in [0, 0.05) is 40.8 Å². The summed E-state index contributed by atoms with van der Waals surface area (Å²) < 4.78 is 10.8. The molecule has 2 aliphatic rings. The number of hydrogen-bond donors (Lipinski definition) is 2. The van der Waals surface area contributed by atoms with Crippen LogP contribution in [0.2, 0.25) is 0 Å². The molecule has 1 amide bonds. The molecular formula is C23H19N3O4. The molecule has 0 saturated carbocycles. The Morgan fingerprint density at radius 1 is 1.03 bits per heavy atom. The normalized spacial score (nSPS) is 15.8. The van der Waals surface area contributed by atoms with Crippen molar-refractivity contribution in [1.82, 2.24) is 14.9 Å². The van der Waals surface area contributed by atoms with Gasteiger partial charge in [-0.05, 0) is 29.8 Å². The van der Waals surface area contributed by atoms with E-state index in [1.807, 2.05) is 24.3 Å². The standard InChI is InChI=1S/C23H19N3O4/c1-26-9-14-17-12-6-10(29-2)4-5-15(12)24-21(17)22-18(19(14)23(26)28)13-7-11(30-3)8-16(27)20(13)25-22/h4-7,24-25H,8-9H2,1-3H3. The van der Waals surface area contributed by atoms with Gasteiger partial charge >= 0.3 is 0 Å². The number of ether oxygens (including phenoxy) is 2. The van der Waals surface area contributed by atoms with Crippen LogP contribution in [0, 0.1) is 0 Å². The molecule has 2 aromatic carbocycles. The first-order valence-corrected chi connectivity index (χ1v) is 9.75. The number of rotatable bonds is 2. The van der Waals surface area contributed by atoms with Crippen LogP contribution in [0.4, 0.5) is 0 Å². The first kappa shape index (κ1) is 17.1. The zero-order valence-electron chi connectivity index (χ0n) is 16.8. The monoisotopic (exact) mass is 401 g/mol. The number of nitrogens with one attached hydrogen (secondary N) is 2. The van der Waals surface area contributed by atoms with Gasteiger partial charge in [-0.2, -0.15) is 0 Å².